The van der Waals surface area contributed by atoms with E-state index in [1.165, 1.54) is 34.8 Å². The first-order valence-corrected chi connectivity index (χ1v) is 15.0. The van der Waals surface area contributed by atoms with Gasteiger partial charge in [-0.1, -0.05) is 72.0 Å². The van der Waals surface area contributed by atoms with Crippen molar-refractivity contribution in [2.45, 2.75) is 19.6 Å². The molecule has 0 aliphatic carbocycles. The molecule has 3 aromatic carbocycles. The number of ether oxygens (including phenoxy) is 2. The van der Waals surface area contributed by atoms with Gasteiger partial charge in [-0.2, -0.15) is 0 Å². The third-order valence-electron chi connectivity index (χ3n) is 6.68. The largest absolute Gasteiger partial charge is 0.489 e. The third-order valence-corrected chi connectivity index (χ3v) is 8.59. The summed E-state index contributed by atoms with van der Waals surface area (Å²) < 4.78 is 26.6. The van der Waals surface area contributed by atoms with Crippen LogP contribution >= 0.6 is 22.7 Å². The van der Waals surface area contributed by atoms with Gasteiger partial charge in [0, 0.05) is 10.4 Å². The standard InChI is InChI=1S/C33H25FN2O4S2/c1-2-39-32(38)28-29(23-7-4-3-5-8-23)35-33-36(30(28)26-9-6-18-41-26)31(37)27(42-33)19-21-12-16-25(17-13-21)40-20-22-10-14-24(34)15-11-22/h3-19,30H,2,20H2,1H3/b27-19-/t30-/m1/s1. The molecule has 3 heterocycles. The molecular formula is C33H25FN2O4S2. The Morgan fingerprint density at radius 2 is 1.76 bits per heavy atom. The topological polar surface area (TPSA) is 69.9 Å². The molecule has 0 unspecified atom stereocenters. The monoisotopic (exact) mass is 596 g/mol. The van der Waals surface area contributed by atoms with E-state index in [1.54, 1.807) is 23.6 Å². The van der Waals surface area contributed by atoms with Crippen molar-refractivity contribution in [3.8, 4) is 5.75 Å². The van der Waals surface area contributed by atoms with Crippen molar-refractivity contribution in [3.05, 3.63) is 149 Å². The number of halogens is 1. The molecule has 0 N–H and O–H groups in total. The molecule has 9 heteroatoms. The minimum absolute atomic E-state index is 0.204. The van der Waals surface area contributed by atoms with E-state index < -0.39 is 12.0 Å². The number of thiazole rings is 1. The van der Waals surface area contributed by atoms with Gasteiger partial charge in [0.05, 0.1) is 22.4 Å². The highest BCUT2D eigenvalue weighted by atomic mass is 32.1. The van der Waals surface area contributed by atoms with Gasteiger partial charge >= 0.3 is 5.97 Å². The highest BCUT2D eigenvalue weighted by molar-refractivity contribution is 7.10. The zero-order chi connectivity index (χ0) is 29.1. The summed E-state index contributed by atoms with van der Waals surface area (Å²) in [7, 11) is 0. The molecule has 0 spiro atoms. The van der Waals surface area contributed by atoms with Gasteiger partial charge in [-0.05, 0) is 59.8 Å². The molecular weight excluding hydrogens is 572 g/mol. The molecule has 6 rings (SSSR count). The molecule has 0 saturated heterocycles. The minimum atomic E-state index is -0.667. The van der Waals surface area contributed by atoms with Crippen molar-refractivity contribution in [3.63, 3.8) is 0 Å². The molecule has 6 nitrogen and oxygen atoms in total. The summed E-state index contributed by atoms with van der Waals surface area (Å²) in [6.45, 7) is 2.28. The molecule has 1 aliphatic heterocycles. The van der Waals surface area contributed by atoms with Crippen LogP contribution in [0.2, 0.25) is 0 Å². The average Bonchev–Trinajstić information content (AvgIpc) is 3.66. The first kappa shape index (κ1) is 27.6. The number of fused-ring (bicyclic) bond motifs is 1. The molecule has 0 saturated carbocycles. The minimum Gasteiger partial charge on any atom is -0.489 e. The van der Waals surface area contributed by atoms with Crippen LogP contribution in [0.25, 0.3) is 11.8 Å². The number of rotatable bonds is 8. The van der Waals surface area contributed by atoms with Crippen LogP contribution in [-0.4, -0.2) is 17.1 Å². The maximum atomic E-state index is 13.9. The smallest absolute Gasteiger partial charge is 0.338 e. The lowest BCUT2D eigenvalue weighted by molar-refractivity contribution is -0.138. The van der Waals surface area contributed by atoms with Gasteiger partial charge in [-0.15, -0.1) is 11.3 Å². The van der Waals surface area contributed by atoms with E-state index in [4.69, 9.17) is 14.5 Å². The number of hydrogen-bond acceptors (Lipinski definition) is 7. The van der Waals surface area contributed by atoms with E-state index in [9.17, 15) is 14.0 Å². The van der Waals surface area contributed by atoms with Crippen LogP contribution in [-0.2, 0) is 16.1 Å². The fourth-order valence-electron chi connectivity index (χ4n) is 4.72. The molecule has 5 aromatic rings. The normalized spacial score (nSPS) is 14.8. The zero-order valence-corrected chi connectivity index (χ0v) is 24.2. The number of hydrogen-bond donors (Lipinski definition) is 0. The molecule has 2 aromatic heterocycles. The van der Waals surface area contributed by atoms with Gasteiger partial charge in [0.1, 0.15) is 24.2 Å². The molecule has 1 aliphatic rings. The van der Waals surface area contributed by atoms with E-state index in [2.05, 4.69) is 0 Å². The van der Waals surface area contributed by atoms with Gasteiger partial charge in [0.25, 0.3) is 5.56 Å². The molecule has 0 fully saturated rings. The SMILES string of the molecule is CCOC(=O)C1=C(c2ccccc2)N=c2s/c(=C\c3ccc(OCc4ccc(F)cc4)cc3)c(=O)n2[C@@H]1c1cccs1. The maximum absolute atomic E-state index is 13.9. The molecule has 210 valence electrons. The first-order valence-electron chi connectivity index (χ1n) is 13.3. The molecule has 0 radical (unpaired) electrons. The Morgan fingerprint density at radius 1 is 1.00 bits per heavy atom. The van der Waals surface area contributed by atoms with Crippen molar-refractivity contribution in [1.29, 1.82) is 0 Å². The predicted octanol–water partition coefficient (Wildman–Crippen LogP) is 5.72. The Labute approximate surface area is 249 Å². The van der Waals surface area contributed by atoms with Crippen molar-refractivity contribution in [2.75, 3.05) is 6.61 Å². The molecule has 1 atom stereocenters. The van der Waals surface area contributed by atoms with Crippen LogP contribution < -0.4 is 19.6 Å². The lowest BCUT2D eigenvalue weighted by Gasteiger charge is -2.24. The van der Waals surface area contributed by atoms with Gasteiger partial charge in [0.2, 0.25) is 0 Å². The second-order valence-electron chi connectivity index (χ2n) is 9.43. The zero-order valence-electron chi connectivity index (χ0n) is 22.5. The number of carbonyl (C=O) groups is 1. The first-order chi connectivity index (χ1) is 20.5. The Hall–Kier alpha value is -4.60. The van der Waals surface area contributed by atoms with E-state index in [1.807, 2.05) is 78.2 Å². The quantitative estimate of drug-likeness (QED) is 0.215. The summed E-state index contributed by atoms with van der Waals surface area (Å²) in [4.78, 5) is 33.5. The number of nitrogens with zero attached hydrogens (tertiary/aromatic N) is 2. The summed E-state index contributed by atoms with van der Waals surface area (Å²) in [5.41, 5.74) is 3.06. The number of benzene rings is 3. The Kier molecular flexibility index (Phi) is 7.94. The fourth-order valence-corrected chi connectivity index (χ4v) is 6.54. The van der Waals surface area contributed by atoms with Crippen LogP contribution in [0.4, 0.5) is 4.39 Å². The number of aromatic nitrogens is 1. The maximum Gasteiger partial charge on any atom is 0.338 e. The van der Waals surface area contributed by atoms with Crippen molar-refractivity contribution >= 4 is 40.4 Å². The van der Waals surface area contributed by atoms with Crippen LogP contribution in [0.15, 0.2) is 112 Å². The average molecular weight is 597 g/mol. The van der Waals surface area contributed by atoms with Gasteiger partial charge < -0.3 is 9.47 Å². The summed E-state index contributed by atoms with van der Waals surface area (Å²) in [5, 5.41) is 1.93. The Bertz CT molecular complexity index is 1930. The van der Waals surface area contributed by atoms with E-state index in [0.717, 1.165) is 21.6 Å². The highest BCUT2D eigenvalue weighted by Crippen LogP contribution is 2.36. The van der Waals surface area contributed by atoms with Crippen LogP contribution in [0.3, 0.4) is 0 Å². The van der Waals surface area contributed by atoms with Gasteiger partial charge in [-0.25, -0.2) is 14.2 Å². The Balaban J connectivity index is 1.40. The van der Waals surface area contributed by atoms with Crippen molar-refractivity contribution in [1.82, 2.24) is 4.57 Å². The summed E-state index contributed by atoms with van der Waals surface area (Å²) in [6.07, 6.45) is 1.81. The fraction of sp³-hybridized carbons (Fsp3) is 0.121. The highest BCUT2D eigenvalue weighted by Gasteiger charge is 2.35. The summed E-state index contributed by atoms with van der Waals surface area (Å²) in [5.74, 6) is -0.130. The van der Waals surface area contributed by atoms with Crippen molar-refractivity contribution < 1.29 is 18.7 Å². The lowest BCUT2D eigenvalue weighted by Crippen LogP contribution is -2.39. The van der Waals surface area contributed by atoms with Crippen LogP contribution in [0.5, 0.6) is 5.75 Å². The van der Waals surface area contributed by atoms with E-state index >= 15 is 0 Å². The van der Waals surface area contributed by atoms with Crippen LogP contribution in [0.1, 0.15) is 34.5 Å². The molecule has 0 amide bonds. The second kappa shape index (κ2) is 12.1. The number of esters is 1. The van der Waals surface area contributed by atoms with Gasteiger partial charge in [0.15, 0.2) is 4.80 Å². The summed E-state index contributed by atoms with van der Waals surface area (Å²) >= 11 is 2.76. The van der Waals surface area contributed by atoms with Crippen molar-refractivity contribution in [2.24, 2.45) is 4.99 Å². The Morgan fingerprint density at radius 3 is 2.45 bits per heavy atom. The van der Waals surface area contributed by atoms with Crippen LogP contribution in [0, 0.1) is 5.82 Å². The number of carbonyl (C=O) groups excluding carboxylic acids is 1. The molecule has 0 bridgehead atoms. The predicted molar refractivity (Wildman–Crippen MR) is 163 cm³/mol. The number of thiophene rings is 1. The third kappa shape index (κ3) is 5.61. The van der Waals surface area contributed by atoms with E-state index in [0.29, 0.717) is 33.0 Å². The lowest BCUT2D eigenvalue weighted by atomic mass is 9.97. The summed E-state index contributed by atoms with van der Waals surface area (Å²) in [6, 6.07) is 26.2. The molecule has 42 heavy (non-hydrogen) atoms. The van der Waals surface area contributed by atoms with Gasteiger partial charge in [-0.3, -0.25) is 9.36 Å². The second-order valence-corrected chi connectivity index (χ2v) is 11.4. The van der Waals surface area contributed by atoms with E-state index in [-0.39, 0.29) is 18.0 Å².